The molecule has 2 aliphatic rings. The molecule has 41 heavy (non-hydrogen) atoms. The molecule has 2 aromatic rings. The standard InChI is InChI=1S/C22H28F6N6O5S2/c1-13-11-39-12-17(14(2)35)34(13)10-16-9-32(41(37,38)19-29-3-6-40-19)4-5-33(16)18-30-7-15(8-31-18)20(36,21(23,24)25)22(26,27)28/h3,6-8,13-14,16-17,35-36H,4-5,9-12H2,1-2H3/t13-,14-,16+,17-/m0/s1. The van der Waals surface area contributed by atoms with Crippen LogP contribution >= 0.6 is 11.3 Å². The van der Waals surface area contributed by atoms with Gasteiger partial charge in [0.05, 0.1) is 31.4 Å². The molecule has 2 fully saturated rings. The van der Waals surface area contributed by atoms with Gasteiger partial charge < -0.3 is 19.8 Å². The highest BCUT2D eigenvalue weighted by Gasteiger charge is 2.71. The van der Waals surface area contributed by atoms with Crippen LogP contribution < -0.4 is 4.90 Å². The van der Waals surface area contributed by atoms with Gasteiger partial charge in [-0.3, -0.25) is 4.90 Å². The maximum atomic E-state index is 13.3. The number of morpholine rings is 1. The number of sulfonamides is 1. The highest BCUT2D eigenvalue weighted by Crippen LogP contribution is 2.49. The number of halogens is 6. The number of aliphatic hydroxyl groups excluding tert-OH is 1. The van der Waals surface area contributed by atoms with Crippen LogP contribution in [0, 0.1) is 0 Å². The SMILES string of the molecule is C[C@H](O)[C@@H]1COC[C@H](C)N1C[C@H]1CN(S(=O)(=O)c2nccs2)CCN1c1ncc(C(O)(C(F)(F)F)C(F)(F)F)cn1. The van der Waals surface area contributed by atoms with Crippen molar-refractivity contribution >= 4 is 27.3 Å². The maximum Gasteiger partial charge on any atom is 0.430 e. The first-order valence-corrected chi connectivity index (χ1v) is 14.7. The zero-order chi connectivity index (χ0) is 30.4. The van der Waals surface area contributed by atoms with Crippen LogP contribution in [0.2, 0.25) is 0 Å². The summed E-state index contributed by atoms with van der Waals surface area (Å²) in [5.41, 5.74) is -6.80. The molecule has 0 unspecified atom stereocenters. The fourth-order valence-corrected chi connectivity index (χ4v) is 7.34. The molecule has 2 aliphatic heterocycles. The molecule has 0 radical (unpaired) electrons. The molecule has 2 aromatic heterocycles. The topological polar surface area (TPSA) is 132 Å². The Labute approximate surface area is 235 Å². The van der Waals surface area contributed by atoms with E-state index in [1.807, 2.05) is 11.8 Å². The summed E-state index contributed by atoms with van der Waals surface area (Å²) in [4.78, 5) is 14.7. The van der Waals surface area contributed by atoms with Crippen molar-refractivity contribution in [3.8, 4) is 0 Å². The van der Waals surface area contributed by atoms with Crippen LogP contribution in [0.25, 0.3) is 0 Å². The van der Waals surface area contributed by atoms with Gasteiger partial charge in [0, 0.05) is 61.8 Å². The van der Waals surface area contributed by atoms with Crippen molar-refractivity contribution in [1.29, 1.82) is 0 Å². The summed E-state index contributed by atoms with van der Waals surface area (Å²) in [5, 5.41) is 21.5. The van der Waals surface area contributed by atoms with Gasteiger partial charge in [-0.15, -0.1) is 11.3 Å². The highest BCUT2D eigenvalue weighted by atomic mass is 32.2. The molecule has 4 atom stereocenters. The largest absolute Gasteiger partial charge is 0.430 e. The van der Waals surface area contributed by atoms with Crippen LogP contribution in [-0.2, 0) is 20.4 Å². The van der Waals surface area contributed by atoms with E-state index in [1.54, 1.807) is 6.92 Å². The summed E-state index contributed by atoms with van der Waals surface area (Å²) in [7, 11) is -4.00. The third-order valence-corrected chi connectivity index (χ3v) is 10.2. The number of hydrogen-bond acceptors (Lipinski definition) is 11. The molecule has 0 bridgehead atoms. The molecule has 2 N–H and O–H groups in total. The maximum absolute atomic E-state index is 13.3. The quantitative estimate of drug-likeness (QED) is 0.433. The molecule has 11 nitrogen and oxygen atoms in total. The third-order valence-electron chi connectivity index (χ3n) is 7.17. The van der Waals surface area contributed by atoms with E-state index in [0.29, 0.717) is 6.61 Å². The number of aliphatic hydroxyl groups is 2. The van der Waals surface area contributed by atoms with Crippen molar-refractivity contribution in [2.45, 2.75) is 60.4 Å². The van der Waals surface area contributed by atoms with E-state index in [-0.39, 0.29) is 61.5 Å². The Bertz CT molecular complexity index is 1270. The van der Waals surface area contributed by atoms with Crippen molar-refractivity contribution in [3.05, 3.63) is 29.5 Å². The molecule has 19 heteroatoms. The Morgan fingerprint density at radius 3 is 2.27 bits per heavy atom. The number of rotatable bonds is 7. The fraction of sp³-hybridized carbons (Fsp3) is 0.682. The van der Waals surface area contributed by atoms with Crippen molar-refractivity contribution < 1.29 is 49.7 Å². The molecule has 230 valence electrons. The first-order valence-electron chi connectivity index (χ1n) is 12.3. The van der Waals surface area contributed by atoms with Crippen molar-refractivity contribution in [1.82, 2.24) is 24.2 Å². The van der Waals surface area contributed by atoms with Gasteiger partial charge in [0.2, 0.25) is 10.3 Å². The Kier molecular flexibility index (Phi) is 8.91. The minimum Gasteiger partial charge on any atom is -0.392 e. The van der Waals surface area contributed by atoms with E-state index in [4.69, 9.17) is 4.74 Å². The number of nitrogens with zero attached hydrogens (tertiary/aromatic N) is 6. The molecular formula is C22H28F6N6O5S2. The number of hydrogen-bond donors (Lipinski definition) is 2. The number of thiazole rings is 1. The Morgan fingerprint density at radius 2 is 1.73 bits per heavy atom. The second-order valence-corrected chi connectivity index (χ2v) is 12.9. The second-order valence-electron chi connectivity index (χ2n) is 9.88. The molecule has 4 heterocycles. The highest BCUT2D eigenvalue weighted by molar-refractivity contribution is 7.91. The van der Waals surface area contributed by atoms with E-state index in [1.165, 1.54) is 20.8 Å². The molecular weight excluding hydrogens is 606 g/mol. The summed E-state index contributed by atoms with van der Waals surface area (Å²) in [6.45, 7) is 3.74. The summed E-state index contributed by atoms with van der Waals surface area (Å²) in [6, 6.07) is -1.42. The lowest BCUT2D eigenvalue weighted by Gasteiger charge is -2.47. The number of alkyl halides is 6. The Balaban J connectivity index is 1.68. The lowest BCUT2D eigenvalue weighted by atomic mass is 9.95. The predicted molar refractivity (Wildman–Crippen MR) is 133 cm³/mol. The Morgan fingerprint density at radius 1 is 1.10 bits per heavy atom. The van der Waals surface area contributed by atoms with E-state index >= 15 is 0 Å². The van der Waals surface area contributed by atoms with Gasteiger partial charge in [-0.05, 0) is 13.8 Å². The lowest BCUT2D eigenvalue weighted by Crippen LogP contribution is -2.63. The van der Waals surface area contributed by atoms with E-state index in [9.17, 15) is 45.0 Å². The van der Waals surface area contributed by atoms with Crippen LogP contribution in [-0.4, -0.2) is 119 Å². The third kappa shape index (κ3) is 6.02. The first-order chi connectivity index (χ1) is 19.0. The van der Waals surface area contributed by atoms with Gasteiger partial charge >= 0.3 is 12.4 Å². The van der Waals surface area contributed by atoms with Crippen LogP contribution in [0.4, 0.5) is 32.3 Å². The molecule has 0 saturated carbocycles. The molecule has 0 aliphatic carbocycles. The van der Waals surface area contributed by atoms with E-state index in [0.717, 1.165) is 11.3 Å². The summed E-state index contributed by atoms with van der Waals surface area (Å²) in [6.07, 6.45) is -11.2. The van der Waals surface area contributed by atoms with E-state index in [2.05, 4.69) is 15.0 Å². The van der Waals surface area contributed by atoms with Gasteiger partial charge in [-0.2, -0.15) is 30.6 Å². The number of anilines is 1. The molecule has 0 spiro atoms. The average molecular weight is 635 g/mol. The number of aromatic nitrogens is 3. The summed E-state index contributed by atoms with van der Waals surface area (Å²) >= 11 is 0.924. The summed E-state index contributed by atoms with van der Waals surface area (Å²) < 4.78 is 113. The smallest absolute Gasteiger partial charge is 0.392 e. The predicted octanol–water partition coefficient (Wildman–Crippen LogP) is 1.59. The van der Waals surface area contributed by atoms with Crippen molar-refractivity contribution in [3.63, 3.8) is 0 Å². The van der Waals surface area contributed by atoms with Gasteiger partial charge in [0.1, 0.15) is 0 Å². The van der Waals surface area contributed by atoms with Crippen LogP contribution in [0.5, 0.6) is 0 Å². The van der Waals surface area contributed by atoms with Gasteiger partial charge in [0.15, 0.2) is 0 Å². The lowest BCUT2D eigenvalue weighted by molar-refractivity contribution is -0.376. The Hall–Kier alpha value is -2.16. The normalized spacial score (nSPS) is 24.9. The molecule has 0 aromatic carbocycles. The van der Waals surface area contributed by atoms with Gasteiger partial charge in [0.25, 0.3) is 15.6 Å². The van der Waals surface area contributed by atoms with E-state index < -0.39 is 51.7 Å². The number of ether oxygens (including phenoxy) is 1. The minimum absolute atomic E-state index is 0.0600. The second kappa shape index (κ2) is 11.5. The number of piperazine rings is 1. The summed E-state index contributed by atoms with van der Waals surface area (Å²) in [5.74, 6) is -0.258. The molecule has 0 amide bonds. The zero-order valence-corrected chi connectivity index (χ0v) is 23.4. The molecule has 2 saturated heterocycles. The molecule has 4 rings (SSSR count). The average Bonchev–Trinajstić information content (AvgIpc) is 3.44. The van der Waals surface area contributed by atoms with Crippen molar-refractivity contribution in [2.75, 3.05) is 44.3 Å². The zero-order valence-electron chi connectivity index (χ0n) is 21.7. The van der Waals surface area contributed by atoms with Gasteiger partial charge in [-0.1, -0.05) is 0 Å². The van der Waals surface area contributed by atoms with Crippen LogP contribution in [0.15, 0.2) is 28.3 Å². The minimum atomic E-state index is -6.10. The fourth-order valence-electron chi connectivity index (χ4n) is 4.91. The van der Waals surface area contributed by atoms with Crippen LogP contribution in [0.1, 0.15) is 19.4 Å². The van der Waals surface area contributed by atoms with Crippen molar-refractivity contribution in [2.24, 2.45) is 0 Å². The monoisotopic (exact) mass is 634 g/mol. The first kappa shape index (κ1) is 31.8. The van der Waals surface area contributed by atoms with Gasteiger partial charge in [-0.25, -0.2) is 23.4 Å². The van der Waals surface area contributed by atoms with Crippen LogP contribution in [0.3, 0.4) is 0 Å².